The normalized spacial score (nSPS) is 17.2. The van der Waals surface area contributed by atoms with Crippen LogP contribution in [0.25, 0.3) is 0 Å². The maximum atomic E-state index is 10.6. The summed E-state index contributed by atoms with van der Waals surface area (Å²) in [6.07, 6.45) is 12.4. The Morgan fingerprint density at radius 3 is 2.72 bits per heavy atom. The fourth-order valence-electron chi connectivity index (χ4n) is 4.76. The number of aromatic nitrogens is 1. The molecule has 1 aromatic carbocycles. The molecule has 1 aromatic heterocycles. The second-order valence-electron chi connectivity index (χ2n) is 8.91. The molecular formula is C26H39N2O+. The lowest BCUT2D eigenvalue weighted by Crippen LogP contribution is -3.12. The van der Waals surface area contributed by atoms with E-state index in [-0.39, 0.29) is 6.10 Å². The predicted octanol–water partition coefficient (Wildman–Crippen LogP) is 4.14. The standard InChI is InChI=1S/C26H38N2O/c1-3-4-16-26(29)21-27(18-23-12-6-5-7-13-23)20-25-15-10-17-28(25)19-24-14-9-8-11-22(24)2/h3,8-11,14-15,17,23,26,29H,1,4-7,12-13,16,18-21H2,2H3/p+1/t26-/m1/s1. The number of benzene rings is 1. The van der Waals surface area contributed by atoms with Crippen molar-refractivity contribution >= 4 is 0 Å². The third-order valence-corrected chi connectivity index (χ3v) is 6.49. The molecule has 3 heteroatoms. The van der Waals surface area contributed by atoms with Crippen LogP contribution >= 0.6 is 0 Å². The number of quaternary nitrogens is 1. The zero-order chi connectivity index (χ0) is 20.5. The summed E-state index contributed by atoms with van der Waals surface area (Å²) in [5.41, 5.74) is 4.10. The van der Waals surface area contributed by atoms with Crippen LogP contribution in [0.2, 0.25) is 0 Å². The molecule has 1 heterocycles. The van der Waals surface area contributed by atoms with E-state index in [0.717, 1.165) is 38.4 Å². The number of aliphatic hydroxyl groups excluding tert-OH is 1. The molecule has 3 nitrogen and oxygen atoms in total. The number of nitrogens with one attached hydrogen (secondary N) is 1. The molecule has 1 fully saturated rings. The molecule has 2 atom stereocenters. The number of aryl methyl sites for hydroxylation is 1. The van der Waals surface area contributed by atoms with Gasteiger partial charge in [0, 0.05) is 18.7 Å². The van der Waals surface area contributed by atoms with Gasteiger partial charge >= 0.3 is 0 Å². The lowest BCUT2D eigenvalue weighted by Gasteiger charge is -2.29. The SMILES string of the molecule is C=CCC[C@@H](O)C[NH+](Cc1cccn1Cc1ccccc1C)CC1CCCCC1. The largest absolute Gasteiger partial charge is 0.387 e. The molecule has 1 aliphatic carbocycles. The van der Waals surface area contributed by atoms with Gasteiger partial charge in [0.2, 0.25) is 0 Å². The highest BCUT2D eigenvalue weighted by Gasteiger charge is 2.23. The fraction of sp³-hybridized carbons (Fsp3) is 0.538. The molecule has 0 bridgehead atoms. The summed E-state index contributed by atoms with van der Waals surface area (Å²) >= 11 is 0. The van der Waals surface area contributed by atoms with E-state index in [2.05, 4.69) is 60.7 Å². The van der Waals surface area contributed by atoms with Crippen molar-refractivity contribution in [3.63, 3.8) is 0 Å². The average Bonchev–Trinajstić information content (AvgIpc) is 3.15. The lowest BCUT2D eigenvalue weighted by molar-refractivity contribution is -0.920. The van der Waals surface area contributed by atoms with Gasteiger partial charge in [-0.25, -0.2) is 0 Å². The van der Waals surface area contributed by atoms with Crippen molar-refractivity contribution in [2.75, 3.05) is 13.1 Å². The van der Waals surface area contributed by atoms with E-state index in [1.807, 2.05) is 6.08 Å². The van der Waals surface area contributed by atoms with Crippen LogP contribution < -0.4 is 4.90 Å². The van der Waals surface area contributed by atoms with E-state index in [9.17, 15) is 5.11 Å². The number of hydrogen-bond acceptors (Lipinski definition) is 1. The van der Waals surface area contributed by atoms with E-state index in [1.165, 1.54) is 60.4 Å². The Balaban J connectivity index is 1.68. The van der Waals surface area contributed by atoms with Crippen LogP contribution in [0.1, 0.15) is 61.8 Å². The van der Waals surface area contributed by atoms with E-state index >= 15 is 0 Å². The van der Waals surface area contributed by atoms with Crippen LogP contribution in [0.5, 0.6) is 0 Å². The highest BCUT2D eigenvalue weighted by Crippen LogP contribution is 2.22. The zero-order valence-electron chi connectivity index (χ0n) is 18.2. The summed E-state index contributed by atoms with van der Waals surface area (Å²) in [5.74, 6) is 0.810. The van der Waals surface area contributed by atoms with Crippen molar-refractivity contribution in [1.82, 2.24) is 4.57 Å². The van der Waals surface area contributed by atoms with E-state index in [4.69, 9.17) is 0 Å². The predicted molar refractivity (Wildman–Crippen MR) is 121 cm³/mol. The van der Waals surface area contributed by atoms with E-state index in [0.29, 0.717) is 0 Å². The summed E-state index contributed by atoms with van der Waals surface area (Å²) < 4.78 is 2.39. The molecular weight excluding hydrogens is 356 g/mol. The Hall–Kier alpha value is -1.84. The fourth-order valence-corrected chi connectivity index (χ4v) is 4.76. The van der Waals surface area contributed by atoms with Gasteiger partial charge in [0.25, 0.3) is 0 Å². The number of allylic oxidation sites excluding steroid dienone is 1. The van der Waals surface area contributed by atoms with Crippen LogP contribution in [-0.4, -0.2) is 28.9 Å². The second-order valence-corrected chi connectivity index (χ2v) is 8.91. The zero-order valence-corrected chi connectivity index (χ0v) is 18.2. The molecule has 3 rings (SSSR count). The first-order chi connectivity index (χ1) is 14.2. The van der Waals surface area contributed by atoms with Crippen LogP contribution in [0.3, 0.4) is 0 Å². The van der Waals surface area contributed by atoms with Crippen LogP contribution in [-0.2, 0) is 13.1 Å². The molecule has 0 aliphatic heterocycles. The highest BCUT2D eigenvalue weighted by molar-refractivity contribution is 5.26. The molecule has 1 aliphatic rings. The third kappa shape index (κ3) is 6.87. The maximum absolute atomic E-state index is 10.6. The Morgan fingerprint density at radius 2 is 1.97 bits per heavy atom. The van der Waals surface area contributed by atoms with Gasteiger partial charge < -0.3 is 14.6 Å². The number of aliphatic hydroxyl groups is 1. The minimum Gasteiger partial charge on any atom is -0.387 e. The van der Waals surface area contributed by atoms with Gasteiger partial charge in [-0.2, -0.15) is 0 Å². The van der Waals surface area contributed by atoms with Gasteiger partial charge in [0.1, 0.15) is 19.2 Å². The molecule has 158 valence electrons. The topological polar surface area (TPSA) is 29.6 Å². The third-order valence-electron chi connectivity index (χ3n) is 6.49. The van der Waals surface area contributed by atoms with E-state index in [1.54, 1.807) is 0 Å². The van der Waals surface area contributed by atoms with Crippen LogP contribution in [0.15, 0.2) is 55.3 Å². The Kier molecular flexibility index (Phi) is 8.57. The molecule has 1 saturated carbocycles. The molecule has 2 aromatic rings. The van der Waals surface area contributed by atoms with Gasteiger partial charge in [0.05, 0.1) is 12.2 Å². The molecule has 2 N–H and O–H groups in total. The smallest absolute Gasteiger partial charge is 0.118 e. The lowest BCUT2D eigenvalue weighted by atomic mass is 9.89. The molecule has 0 spiro atoms. The Labute approximate surface area is 177 Å². The first kappa shape index (κ1) is 21.9. The maximum Gasteiger partial charge on any atom is 0.118 e. The number of rotatable bonds is 11. The molecule has 0 radical (unpaired) electrons. The van der Waals surface area contributed by atoms with Crippen LogP contribution in [0.4, 0.5) is 0 Å². The van der Waals surface area contributed by atoms with E-state index < -0.39 is 0 Å². The van der Waals surface area contributed by atoms with Crippen LogP contribution in [0, 0.1) is 12.8 Å². The van der Waals surface area contributed by atoms with Crippen molar-refractivity contribution in [3.05, 3.63) is 72.1 Å². The van der Waals surface area contributed by atoms with Gasteiger partial charge in [-0.05, 0) is 55.9 Å². The quantitative estimate of drug-likeness (QED) is 0.550. The van der Waals surface area contributed by atoms with Gasteiger partial charge in [-0.1, -0.05) is 49.6 Å². The number of nitrogens with zero attached hydrogens (tertiary/aromatic N) is 1. The Bertz CT molecular complexity index is 745. The summed E-state index contributed by atoms with van der Waals surface area (Å²) in [5, 5.41) is 10.6. The Morgan fingerprint density at radius 1 is 1.17 bits per heavy atom. The van der Waals surface area contributed by atoms with Crippen molar-refractivity contribution in [2.24, 2.45) is 5.92 Å². The summed E-state index contributed by atoms with van der Waals surface area (Å²) in [6, 6.07) is 13.1. The molecule has 0 amide bonds. The van der Waals surface area contributed by atoms with Crippen molar-refractivity contribution in [1.29, 1.82) is 0 Å². The number of hydrogen-bond donors (Lipinski definition) is 2. The monoisotopic (exact) mass is 395 g/mol. The second kappa shape index (κ2) is 11.4. The van der Waals surface area contributed by atoms with Gasteiger partial charge in [-0.15, -0.1) is 6.58 Å². The minimum absolute atomic E-state index is 0.244. The summed E-state index contributed by atoms with van der Waals surface area (Å²) in [7, 11) is 0. The molecule has 1 unspecified atom stereocenters. The molecule has 0 saturated heterocycles. The summed E-state index contributed by atoms with van der Waals surface area (Å²) in [6.45, 7) is 9.92. The highest BCUT2D eigenvalue weighted by atomic mass is 16.3. The summed E-state index contributed by atoms with van der Waals surface area (Å²) in [4.78, 5) is 1.53. The first-order valence-electron chi connectivity index (χ1n) is 11.5. The molecule has 29 heavy (non-hydrogen) atoms. The minimum atomic E-state index is -0.244. The first-order valence-corrected chi connectivity index (χ1v) is 11.5. The van der Waals surface area contributed by atoms with Gasteiger partial charge in [0.15, 0.2) is 0 Å². The van der Waals surface area contributed by atoms with Crippen molar-refractivity contribution < 1.29 is 10.0 Å². The van der Waals surface area contributed by atoms with Gasteiger partial charge in [-0.3, -0.25) is 0 Å². The van der Waals surface area contributed by atoms with Crippen molar-refractivity contribution in [2.45, 2.75) is 71.1 Å². The van der Waals surface area contributed by atoms with Crippen molar-refractivity contribution in [3.8, 4) is 0 Å². The average molecular weight is 396 g/mol.